The van der Waals surface area contributed by atoms with Crippen molar-refractivity contribution in [2.75, 3.05) is 17.2 Å². The van der Waals surface area contributed by atoms with Crippen LogP contribution in [0, 0.1) is 11.3 Å². The summed E-state index contributed by atoms with van der Waals surface area (Å²) in [4.78, 5) is 51.6. The maximum atomic E-state index is 13.4. The molecule has 1 aliphatic rings. The summed E-state index contributed by atoms with van der Waals surface area (Å²) in [7, 11) is 0. The number of carbonyl (C=O) groups excluding carboxylic acids is 4. The van der Waals surface area contributed by atoms with Crippen LogP contribution < -0.4 is 20.7 Å². The third kappa shape index (κ3) is 6.05. The quantitative estimate of drug-likeness (QED) is 0.302. The van der Waals surface area contributed by atoms with E-state index in [1.807, 2.05) is 36.4 Å². The van der Waals surface area contributed by atoms with Gasteiger partial charge in [-0.2, -0.15) is 5.26 Å². The Balaban J connectivity index is 1.52. The summed E-state index contributed by atoms with van der Waals surface area (Å²) in [5.74, 6) is -2.45. The Morgan fingerprint density at radius 1 is 1.08 bits per heavy atom. The SMILES string of the molecule is CCOC(=O)C(Cc1ccccc1)NC(=O)C1(C)Oc2cc(NC(=O)c3ccc(C#N)cc3)ccc2NC1=O. The molecule has 0 fully saturated rings. The number of fused-ring (bicyclic) bond motifs is 1. The van der Waals surface area contributed by atoms with Crippen molar-refractivity contribution in [3.63, 3.8) is 0 Å². The molecule has 0 spiro atoms. The second kappa shape index (κ2) is 11.5. The van der Waals surface area contributed by atoms with Crippen LogP contribution >= 0.6 is 0 Å². The van der Waals surface area contributed by atoms with Gasteiger partial charge in [0.05, 0.1) is 23.9 Å². The van der Waals surface area contributed by atoms with Gasteiger partial charge in [0.2, 0.25) is 0 Å². The average Bonchev–Trinajstić information content (AvgIpc) is 2.94. The van der Waals surface area contributed by atoms with Gasteiger partial charge in [-0.05, 0) is 55.8 Å². The second-order valence-corrected chi connectivity index (χ2v) is 8.91. The van der Waals surface area contributed by atoms with Crippen LogP contribution in [0.25, 0.3) is 0 Å². The van der Waals surface area contributed by atoms with Crippen molar-refractivity contribution in [2.24, 2.45) is 0 Å². The van der Waals surface area contributed by atoms with Crippen LogP contribution in [0.15, 0.2) is 72.8 Å². The highest BCUT2D eigenvalue weighted by atomic mass is 16.5. The summed E-state index contributed by atoms with van der Waals surface area (Å²) in [6.45, 7) is 3.08. The lowest BCUT2D eigenvalue weighted by atomic mass is 9.99. The van der Waals surface area contributed by atoms with Crippen LogP contribution in [0.2, 0.25) is 0 Å². The first-order valence-electron chi connectivity index (χ1n) is 12.2. The summed E-state index contributed by atoms with van der Waals surface area (Å²) >= 11 is 0. The minimum absolute atomic E-state index is 0.124. The van der Waals surface area contributed by atoms with Gasteiger partial charge in [-0.3, -0.25) is 14.4 Å². The molecule has 3 aromatic rings. The number of benzene rings is 3. The number of nitrogens with zero attached hydrogens (tertiary/aromatic N) is 1. The first kappa shape index (κ1) is 26.9. The van der Waals surface area contributed by atoms with E-state index >= 15 is 0 Å². The number of amides is 3. The minimum Gasteiger partial charge on any atom is -0.465 e. The maximum Gasteiger partial charge on any atom is 0.328 e. The highest BCUT2D eigenvalue weighted by molar-refractivity contribution is 6.16. The number of nitrogens with one attached hydrogen (secondary N) is 3. The van der Waals surface area contributed by atoms with E-state index in [4.69, 9.17) is 14.7 Å². The maximum absolute atomic E-state index is 13.4. The lowest BCUT2D eigenvalue weighted by Crippen LogP contribution is -2.61. The van der Waals surface area contributed by atoms with Gasteiger partial charge in [-0.25, -0.2) is 4.79 Å². The van der Waals surface area contributed by atoms with Gasteiger partial charge < -0.3 is 25.4 Å². The molecule has 1 aliphatic heterocycles. The highest BCUT2D eigenvalue weighted by Gasteiger charge is 2.48. The van der Waals surface area contributed by atoms with Crippen LogP contribution in [0.4, 0.5) is 11.4 Å². The third-order valence-corrected chi connectivity index (χ3v) is 6.10. The molecule has 10 heteroatoms. The fourth-order valence-electron chi connectivity index (χ4n) is 3.93. The molecule has 10 nitrogen and oxygen atoms in total. The zero-order chi connectivity index (χ0) is 28.0. The van der Waals surface area contributed by atoms with Crippen LogP contribution in [0.5, 0.6) is 5.75 Å². The first-order chi connectivity index (χ1) is 18.7. The molecular formula is C29H26N4O6. The summed E-state index contributed by atoms with van der Waals surface area (Å²) in [6, 6.07) is 20.7. The van der Waals surface area contributed by atoms with Crippen molar-refractivity contribution in [3.8, 4) is 11.8 Å². The topological polar surface area (TPSA) is 147 Å². The van der Waals surface area contributed by atoms with Gasteiger partial charge in [0.25, 0.3) is 23.3 Å². The Bertz CT molecular complexity index is 1450. The van der Waals surface area contributed by atoms with E-state index in [1.165, 1.54) is 43.3 Å². The fraction of sp³-hybridized carbons (Fsp3) is 0.207. The smallest absolute Gasteiger partial charge is 0.328 e. The van der Waals surface area contributed by atoms with E-state index in [-0.39, 0.29) is 18.8 Å². The Morgan fingerprint density at radius 3 is 2.46 bits per heavy atom. The van der Waals surface area contributed by atoms with Crippen LogP contribution in [0.1, 0.15) is 35.3 Å². The molecule has 0 radical (unpaired) electrons. The molecule has 198 valence electrons. The van der Waals surface area contributed by atoms with Gasteiger partial charge in [0.1, 0.15) is 11.8 Å². The molecule has 0 saturated carbocycles. The Morgan fingerprint density at radius 2 is 1.79 bits per heavy atom. The summed E-state index contributed by atoms with van der Waals surface area (Å²) in [5, 5.41) is 16.9. The van der Waals surface area contributed by atoms with Crippen molar-refractivity contribution in [1.82, 2.24) is 5.32 Å². The Kier molecular flexibility index (Phi) is 7.91. The summed E-state index contributed by atoms with van der Waals surface area (Å²) in [5.41, 5.74) is 0.223. The van der Waals surface area contributed by atoms with Gasteiger partial charge in [0.15, 0.2) is 0 Å². The third-order valence-electron chi connectivity index (χ3n) is 6.10. The summed E-state index contributed by atoms with van der Waals surface area (Å²) in [6.07, 6.45) is 0.158. The molecule has 3 aromatic carbocycles. The molecular weight excluding hydrogens is 500 g/mol. The molecule has 0 aromatic heterocycles. The largest absolute Gasteiger partial charge is 0.465 e. The summed E-state index contributed by atoms with van der Waals surface area (Å²) < 4.78 is 11.0. The van der Waals surface area contributed by atoms with Crippen LogP contribution in [0.3, 0.4) is 0 Å². The Hall–Kier alpha value is -5.17. The normalized spacial score (nSPS) is 16.4. The molecule has 0 bridgehead atoms. The molecule has 39 heavy (non-hydrogen) atoms. The van der Waals surface area contributed by atoms with E-state index in [9.17, 15) is 19.2 Å². The zero-order valence-corrected chi connectivity index (χ0v) is 21.3. The van der Waals surface area contributed by atoms with E-state index in [0.717, 1.165) is 5.56 Å². The predicted octanol–water partition coefficient (Wildman–Crippen LogP) is 3.19. The van der Waals surface area contributed by atoms with Crippen molar-refractivity contribution in [2.45, 2.75) is 31.9 Å². The number of esters is 1. The van der Waals surface area contributed by atoms with Crippen LogP contribution in [-0.4, -0.2) is 41.9 Å². The number of rotatable bonds is 8. The first-order valence-corrected chi connectivity index (χ1v) is 12.2. The predicted molar refractivity (Wildman–Crippen MR) is 142 cm³/mol. The van der Waals surface area contributed by atoms with E-state index in [0.29, 0.717) is 22.5 Å². The number of anilines is 2. The highest BCUT2D eigenvalue weighted by Crippen LogP contribution is 2.36. The number of hydrogen-bond acceptors (Lipinski definition) is 7. The van der Waals surface area contributed by atoms with E-state index in [1.54, 1.807) is 13.0 Å². The zero-order valence-electron chi connectivity index (χ0n) is 21.3. The van der Waals surface area contributed by atoms with Gasteiger partial charge in [0, 0.05) is 23.7 Å². The van der Waals surface area contributed by atoms with Crippen LogP contribution in [-0.2, 0) is 25.5 Å². The van der Waals surface area contributed by atoms with Gasteiger partial charge >= 0.3 is 5.97 Å². The molecule has 2 unspecified atom stereocenters. The number of ether oxygens (including phenoxy) is 2. The fourth-order valence-corrected chi connectivity index (χ4v) is 3.93. The monoisotopic (exact) mass is 526 g/mol. The van der Waals surface area contributed by atoms with Gasteiger partial charge in [-0.1, -0.05) is 30.3 Å². The lowest BCUT2D eigenvalue weighted by Gasteiger charge is -2.34. The molecule has 0 saturated heterocycles. The lowest BCUT2D eigenvalue weighted by molar-refractivity contribution is -0.153. The molecule has 4 rings (SSSR count). The standard InChI is InChI=1S/C29H26N4O6/c1-3-38-26(35)23(15-18-7-5-4-6-8-18)33-28(37)29(2)27(36)32-22-14-13-21(16-24(22)39-29)31-25(34)20-11-9-19(17-30)10-12-20/h4-14,16,23H,3,15H2,1-2H3,(H,31,34)(H,32,36)(H,33,37). The van der Waals surface area contributed by atoms with E-state index < -0.39 is 35.3 Å². The number of hydrogen-bond donors (Lipinski definition) is 3. The molecule has 3 N–H and O–H groups in total. The van der Waals surface area contributed by atoms with E-state index in [2.05, 4.69) is 16.0 Å². The number of carbonyl (C=O) groups is 4. The van der Waals surface area contributed by atoms with Gasteiger partial charge in [-0.15, -0.1) is 0 Å². The second-order valence-electron chi connectivity index (χ2n) is 8.91. The molecule has 1 heterocycles. The van der Waals surface area contributed by atoms with Crippen molar-refractivity contribution >= 4 is 35.1 Å². The minimum atomic E-state index is -2.01. The molecule has 0 aliphatic carbocycles. The van der Waals surface area contributed by atoms with Crippen molar-refractivity contribution in [1.29, 1.82) is 5.26 Å². The number of nitriles is 1. The van der Waals surface area contributed by atoms with Crippen molar-refractivity contribution < 1.29 is 28.7 Å². The van der Waals surface area contributed by atoms with Crippen molar-refractivity contribution in [3.05, 3.63) is 89.5 Å². The molecule has 3 amide bonds. The average molecular weight is 527 g/mol. The molecule has 2 atom stereocenters. The Labute approximate surface area is 224 Å².